The molecule has 0 aromatic heterocycles. The molecule has 1 aromatic carbocycles. The Labute approximate surface area is 116 Å². The SMILES string of the molecule is COc1ccc(CN(C)C(=O)CCS)cc1Br. The van der Waals surface area contributed by atoms with Gasteiger partial charge in [-0.3, -0.25) is 4.79 Å². The number of halogens is 1. The summed E-state index contributed by atoms with van der Waals surface area (Å²) < 4.78 is 6.05. The van der Waals surface area contributed by atoms with Gasteiger partial charge in [-0.15, -0.1) is 0 Å². The summed E-state index contributed by atoms with van der Waals surface area (Å²) in [5.74, 6) is 1.47. The van der Waals surface area contributed by atoms with E-state index >= 15 is 0 Å². The third kappa shape index (κ3) is 4.24. The van der Waals surface area contributed by atoms with Crippen molar-refractivity contribution in [2.45, 2.75) is 13.0 Å². The summed E-state index contributed by atoms with van der Waals surface area (Å²) in [6, 6.07) is 5.80. The average molecular weight is 318 g/mol. The van der Waals surface area contributed by atoms with E-state index in [2.05, 4.69) is 28.6 Å². The minimum Gasteiger partial charge on any atom is -0.496 e. The van der Waals surface area contributed by atoms with Gasteiger partial charge in [-0.2, -0.15) is 12.6 Å². The number of rotatable bonds is 5. The van der Waals surface area contributed by atoms with Gasteiger partial charge < -0.3 is 9.64 Å². The van der Waals surface area contributed by atoms with Gasteiger partial charge in [0.2, 0.25) is 5.91 Å². The van der Waals surface area contributed by atoms with E-state index in [0.29, 0.717) is 18.7 Å². The Morgan fingerprint density at radius 1 is 1.53 bits per heavy atom. The van der Waals surface area contributed by atoms with E-state index < -0.39 is 0 Å². The van der Waals surface area contributed by atoms with Gasteiger partial charge in [-0.05, 0) is 39.4 Å². The number of methoxy groups -OCH3 is 1. The first-order chi connectivity index (χ1) is 8.08. The van der Waals surface area contributed by atoms with Crippen molar-refractivity contribution in [3.63, 3.8) is 0 Å². The molecule has 0 saturated carbocycles. The minimum absolute atomic E-state index is 0.104. The van der Waals surface area contributed by atoms with Crippen LogP contribution in [0.25, 0.3) is 0 Å². The molecule has 3 nitrogen and oxygen atoms in total. The molecular weight excluding hydrogens is 302 g/mol. The number of hydrogen-bond acceptors (Lipinski definition) is 3. The maximum atomic E-state index is 11.6. The van der Waals surface area contributed by atoms with Crippen LogP contribution >= 0.6 is 28.6 Å². The normalized spacial score (nSPS) is 10.1. The van der Waals surface area contributed by atoms with Crippen LogP contribution in [0.5, 0.6) is 5.75 Å². The van der Waals surface area contributed by atoms with E-state index in [0.717, 1.165) is 15.8 Å². The van der Waals surface area contributed by atoms with Crippen molar-refractivity contribution in [2.75, 3.05) is 19.9 Å². The molecule has 1 amide bonds. The highest BCUT2D eigenvalue weighted by atomic mass is 79.9. The number of thiol groups is 1. The standard InChI is InChI=1S/C12H16BrNO2S/c1-14(12(15)5-6-17)8-9-3-4-11(16-2)10(13)7-9/h3-4,7,17H,5-6,8H2,1-2H3. The summed E-state index contributed by atoms with van der Waals surface area (Å²) in [6.07, 6.45) is 0.469. The van der Waals surface area contributed by atoms with Gasteiger partial charge in [-0.25, -0.2) is 0 Å². The fourth-order valence-corrected chi connectivity index (χ4v) is 2.24. The Bertz CT molecular complexity index is 398. The monoisotopic (exact) mass is 317 g/mol. The maximum Gasteiger partial charge on any atom is 0.223 e. The lowest BCUT2D eigenvalue weighted by atomic mass is 10.2. The van der Waals surface area contributed by atoms with Crippen molar-refractivity contribution in [1.29, 1.82) is 0 Å². The molecule has 0 radical (unpaired) electrons. The fourth-order valence-electron chi connectivity index (χ4n) is 1.46. The predicted octanol–water partition coefficient (Wildman–Crippen LogP) is 2.74. The molecule has 0 heterocycles. The van der Waals surface area contributed by atoms with Gasteiger partial charge in [0.1, 0.15) is 5.75 Å². The second kappa shape index (κ2) is 6.91. The molecule has 17 heavy (non-hydrogen) atoms. The Hall–Kier alpha value is -0.680. The molecule has 1 aromatic rings. The van der Waals surface area contributed by atoms with Crippen LogP contribution in [0.3, 0.4) is 0 Å². The van der Waals surface area contributed by atoms with Crippen molar-refractivity contribution in [1.82, 2.24) is 4.90 Å². The van der Waals surface area contributed by atoms with Crippen LogP contribution in [0.2, 0.25) is 0 Å². The minimum atomic E-state index is 0.104. The molecule has 0 atom stereocenters. The highest BCUT2D eigenvalue weighted by molar-refractivity contribution is 9.10. The zero-order chi connectivity index (χ0) is 12.8. The maximum absolute atomic E-state index is 11.6. The zero-order valence-electron chi connectivity index (χ0n) is 9.94. The zero-order valence-corrected chi connectivity index (χ0v) is 12.4. The Morgan fingerprint density at radius 2 is 2.24 bits per heavy atom. The van der Waals surface area contributed by atoms with Gasteiger partial charge in [0, 0.05) is 20.0 Å². The first-order valence-electron chi connectivity index (χ1n) is 5.25. The predicted molar refractivity (Wildman–Crippen MR) is 75.6 cm³/mol. The van der Waals surface area contributed by atoms with E-state index in [1.807, 2.05) is 18.2 Å². The number of nitrogens with zero attached hydrogens (tertiary/aromatic N) is 1. The van der Waals surface area contributed by atoms with Crippen molar-refractivity contribution < 1.29 is 9.53 Å². The molecule has 0 saturated heterocycles. The van der Waals surface area contributed by atoms with Crippen LogP contribution in [0.4, 0.5) is 0 Å². The van der Waals surface area contributed by atoms with E-state index in [9.17, 15) is 4.79 Å². The van der Waals surface area contributed by atoms with Gasteiger partial charge in [0.05, 0.1) is 11.6 Å². The Kier molecular flexibility index (Phi) is 5.85. The second-order valence-electron chi connectivity index (χ2n) is 3.69. The lowest BCUT2D eigenvalue weighted by Gasteiger charge is -2.17. The van der Waals surface area contributed by atoms with Gasteiger partial charge in [0.25, 0.3) is 0 Å². The highest BCUT2D eigenvalue weighted by Crippen LogP contribution is 2.25. The van der Waals surface area contributed by atoms with Crippen molar-refractivity contribution in [3.05, 3.63) is 28.2 Å². The number of benzene rings is 1. The molecule has 0 fully saturated rings. The summed E-state index contributed by atoms with van der Waals surface area (Å²) >= 11 is 7.48. The molecule has 0 spiro atoms. The third-order valence-electron chi connectivity index (χ3n) is 2.39. The van der Waals surface area contributed by atoms with Crippen molar-refractivity contribution >= 4 is 34.5 Å². The molecular formula is C12H16BrNO2S. The molecule has 5 heteroatoms. The first kappa shape index (κ1) is 14.4. The van der Waals surface area contributed by atoms with Crippen molar-refractivity contribution in [2.24, 2.45) is 0 Å². The highest BCUT2D eigenvalue weighted by Gasteiger charge is 2.09. The number of amides is 1. The molecule has 0 aliphatic heterocycles. The Morgan fingerprint density at radius 3 is 2.76 bits per heavy atom. The Balaban J connectivity index is 2.68. The number of carbonyl (C=O) groups is 1. The molecule has 0 unspecified atom stereocenters. The summed E-state index contributed by atoms with van der Waals surface area (Å²) in [7, 11) is 3.42. The number of ether oxygens (including phenoxy) is 1. The quantitative estimate of drug-likeness (QED) is 0.846. The van der Waals surface area contributed by atoms with E-state index in [-0.39, 0.29) is 5.91 Å². The van der Waals surface area contributed by atoms with Crippen LogP contribution in [-0.4, -0.2) is 30.7 Å². The van der Waals surface area contributed by atoms with E-state index in [4.69, 9.17) is 4.74 Å². The summed E-state index contributed by atoms with van der Waals surface area (Å²) in [5.41, 5.74) is 1.06. The summed E-state index contributed by atoms with van der Waals surface area (Å²) in [5, 5.41) is 0. The van der Waals surface area contributed by atoms with Gasteiger partial charge in [0.15, 0.2) is 0 Å². The first-order valence-corrected chi connectivity index (χ1v) is 6.68. The lowest BCUT2D eigenvalue weighted by Crippen LogP contribution is -2.26. The lowest BCUT2D eigenvalue weighted by molar-refractivity contribution is -0.129. The second-order valence-corrected chi connectivity index (χ2v) is 4.99. The molecule has 0 aliphatic rings. The van der Waals surface area contributed by atoms with E-state index in [1.165, 1.54) is 0 Å². The third-order valence-corrected chi connectivity index (χ3v) is 3.23. The van der Waals surface area contributed by atoms with Crippen LogP contribution in [0.15, 0.2) is 22.7 Å². The molecule has 0 aliphatic carbocycles. The van der Waals surface area contributed by atoms with Gasteiger partial charge in [-0.1, -0.05) is 6.07 Å². The van der Waals surface area contributed by atoms with E-state index in [1.54, 1.807) is 19.1 Å². The van der Waals surface area contributed by atoms with Crippen LogP contribution in [0.1, 0.15) is 12.0 Å². The average Bonchev–Trinajstić information content (AvgIpc) is 2.29. The summed E-state index contributed by atoms with van der Waals surface area (Å²) in [6.45, 7) is 0.592. The summed E-state index contributed by atoms with van der Waals surface area (Å²) in [4.78, 5) is 13.3. The van der Waals surface area contributed by atoms with Crippen molar-refractivity contribution in [3.8, 4) is 5.75 Å². The topological polar surface area (TPSA) is 29.5 Å². The van der Waals surface area contributed by atoms with Crippen LogP contribution < -0.4 is 4.74 Å². The molecule has 94 valence electrons. The number of carbonyl (C=O) groups excluding carboxylic acids is 1. The molecule has 0 bridgehead atoms. The molecule has 0 N–H and O–H groups in total. The smallest absolute Gasteiger partial charge is 0.223 e. The molecule has 1 rings (SSSR count). The van der Waals surface area contributed by atoms with Gasteiger partial charge >= 0.3 is 0 Å². The van der Waals surface area contributed by atoms with Crippen LogP contribution in [-0.2, 0) is 11.3 Å². The number of hydrogen-bond donors (Lipinski definition) is 1. The largest absolute Gasteiger partial charge is 0.496 e. The van der Waals surface area contributed by atoms with Crippen LogP contribution in [0, 0.1) is 0 Å². The fraction of sp³-hybridized carbons (Fsp3) is 0.417.